The quantitative estimate of drug-likeness (QED) is 0.0832. The number of aromatic amines is 2. The normalized spacial score (nSPS) is 23.5. The highest BCUT2D eigenvalue weighted by molar-refractivity contribution is 7.71. The minimum Gasteiger partial charge on any atom is -0.481 e. The van der Waals surface area contributed by atoms with Crippen molar-refractivity contribution in [1.29, 1.82) is 0 Å². The van der Waals surface area contributed by atoms with Crippen molar-refractivity contribution in [3.63, 3.8) is 0 Å². The number of aromatic nitrogens is 7. The van der Waals surface area contributed by atoms with Crippen LogP contribution in [0.1, 0.15) is 78.4 Å². The van der Waals surface area contributed by atoms with Crippen molar-refractivity contribution in [3.8, 4) is 39.5 Å². The Kier molecular flexibility index (Phi) is 14.3. The number of H-pyrrole nitrogens is 2. The number of nitrogens with zero attached hydrogens (tertiary/aromatic N) is 7. The second-order valence-corrected chi connectivity index (χ2v) is 24.6. The SMILES string of the molecule is COc1cc2c(cn1)-c1ccc3c(c[nH]c3c1)-c1nc(ncc1C(F)(F)F)N[C@@H]1C[C@H](CC1CP(C)(=O)c1c3ccc4c(c[nH]c14)-c1nc(ncc1C(F)(F)F)N[C@H]1CC[C@@H](C1)N(C)CC[C@@H](F)CN(C)C3=O)NCCCC2. The Morgan fingerprint density at radius 2 is 1.47 bits per heavy atom. The number of carbonyl (C=O) groups excluding carboxylic acids is 1. The van der Waals surface area contributed by atoms with Crippen LogP contribution in [0.25, 0.3) is 55.4 Å². The number of fused-ring (bicyclic) bond motifs is 12. The van der Waals surface area contributed by atoms with E-state index in [2.05, 4.69) is 55.7 Å². The highest BCUT2D eigenvalue weighted by atomic mass is 31.2. The van der Waals surface area contributed by atoms with Crippen LogP contribution in [0.2, 0.25) is 0 Å². The van der Waals surface area contributed by atoms with Crippen LogP contribution >= 0.6 is 7.14 Å². The van der Waals surface area contributed by atoms with Gasteiger partial charge in [0.25, 0.3) is 5.91 Å². The number of aryl methyl sites for hydroxylation is 1. The summed E-state index contributed by atoms with van der Waals surface area (Å²) < 4.78 is 127. The molecule has 9 heterocycles. The van der Waals surface area contributed by atoms with Gasteiger partial charge in [-0.25, -0.2) is 29.3 Å². The first-order valence-corrected chi connectivity index (χ1v) is 28.7. The number of hydrogen-bond donors (Lipinski definition) is 5. The number of alkyl halides is 7. The average Bonchev–Trinajstić information content (AvgIpc) is 4.37. The summed E-state index contributed by atoms with van der Waals surface area (Å²) >= 11 is 0. The molecule has 7 atom stereocenters. The highest BCUT2D eigenvalue weighted by Crippen LogP contribution is 2.50. The standard InChI is InChI=1S/C55H60F7N12O3P/c1-73-16-14-32(56)27-74(2)51(75)38-13-12-37-41(48-43(55(60,61)62)25-67-52(71-48)69-33-9-10-35(73)20-33)24-66-49(37)50(38)78(4,76)28-31-17-34-21-44(31)70-53-68-26-42(54(57,58)59)47(72-53)40-23-64-45-18-30(8-11-36(40)45)39-22-65-46(77-3)19-29(39)7-5-6-15-63-34/h8,11-13,18-19,22-26,31-35,44,63-64,66H,5-7,9-10,14-17,20-21,27-28H2,1-4H3,(H,67,69,71)(H,68,70,72)/t31?,32-,33+,34+,35+,44-,78?/m1/s1. The molecule has 13 rings (SSSR count). The molecular formula is C55H60F7N12O3P. The van der Waals surface area contributed by atoms with Crippen molar-refractivity contribution in [2.24, 2.45) is 5.92 Å². The number of pyridine rings is 1. The largest absolute Gasteiger partial charge is 0.481 e. The summed E-state index contributed by atoms with van der Waals surface area (Å²) in [6.07, 6.45) is 0.301. The molecule has 7 aromatic rings. The van der Waals surface area contributed by atoms with E-state index in [0.717, 1.165) is 48.3 Å². The molecule has 2 fully saturated rings. The molecule has 6 aliphatic rings. The first-order chi connectivity index (χ1) is 37.2. The van der Waals surface area contributed by atoms with Crippen LogP contribution in [-0.4, -0.2) is 135 Å². The van der Waals surface area contributed by atoms with Gasteiger partial charge in [0.2, 0.25) is 17.8 Å². The first-order valence-electron chi connectivity index (χ1n) is 26.3. The van der Waals surface area contributed by atoms with Crippen LogP contribution in [0.15, 0.2) is 67.4 Å². The maximum absolute atomic E-state index is 16.1. The minimum atomic E-state index is -4.87. The molecule has 0 radical (unpaired) electrons. The number of benzene rings is 2. The summed E-state index contributed by atoms with van der Waals surface area (Å²) in [5.74, 6) is -0.738. The van der Waals surface area contributed by atoms with Crippen LogP contribution in [-0.2, 0) is 23.3 Å². The summed E-state index contributed by atoms with van der Waals surface area (Å²) in [6, 6.07) is 9.49. The third-order valence-electron chi connectivity index (χ3n) is 16.3. The Bertz CT molecular complexity index is 3460. The van der Waals surface area contributed by atoms with E-state index in [0.29, 0.717) is 62.0 Å². The molecule has 412 valence electrons. The van der Waals surface area contributed by atoms with Crippen molar-refractivity contribution < 1.29 is 44.8 Å². The number of halogens is 7. The zero-order chi connectivity index (χ0) is 54.8. The van der Waals surface area contributed by atoms with Crippen LogP contribution in [0.3, 0.4) is 0 Å². The lowest BCUT2D eigenvalue weighted by molar-refractivity contribution is -0.138. The van der Waals surface area contributed by atoms with Crippen LogP contribution < -0.4 is 26.0 Å². The van der Waals surface area contributed by atoms with Crippen LogP contribution in [0.4, 0.5) is 42.6 Å². The fourth-order valence-corrected chi connectivity index (χ4v) is 15.1. The Morgan fingerprint density at radius 3 is 2.21 bits per heavy atom. The van der Waals surface area contributed by atoms with Crippen LogP contribution in [0, 0.1) is 5.92 Å². The number of amides is 1. The predicted octanol–water partition coefficient (Wildman–Crippen LogP) is 10.6. The Hall–Kier alpha value is -6.64. The van der Waals surface area contributed by atoms with Gasteiger partial charge in [-0.3, -0.25) is 4.79 Å². The van der Waals surface area contributed by atoms with E-state index in [1.807, 2.05) is 25.2 Å². The van der Waals surface area contributed by atoms with E-state index in [1.165, 1.54) is 43.1 Å². The molecule has 5 N–H and O–H groups in total. The molecule has 15 nitrogen and oxygen atoms in total. The number of rotatable bonds is 4. The molecule has 2 aliphatic carbocycles. The third kappa shape index (κ3) is 10.5. The smallest absolute Gasteiger partial charge is 0.419 e. The molecule has 0 saturated heterocycles. The van der Waals surface area contributed by atoms with E-state index in [-0.39, 0.29) is 87.7 Å². The van der Waals surface area contributed by atoms with Gasteiger partial charge < -0.3 is 45.0 Å². The molecule has 0 spiro atoms. The third-order valence-corrected chi connectivity index (χ3v) is 18.8. The minimum absolute atomic E-state index is 0.00189. The van der Waals surface area contributed by atoms with Gasteiger partial charge >= 0.3 is 12.4 Å². The van der Waals surface area contributed by atoms with Gasteiger partial charge in [-0.2, -0.15) is 26.3 Å². The van der Waals surface area contributed by atoms with Crippen molar-refractivity contribution in [3.05, 3.63) is 89.6 Å². The zero-order valence-corrected chi connectivity index (χ0v) is 44.3. The molecule has 23 heteroatoms. The number of anilines is 2. The van der Waals surface area contributed by atoms with E-state index in [1.54, 1.807) is 19.4 Å². The number of hydrogen-bond acceptors (Lipinski definition) is 12. The lowest BCUT2D eigenvalue weighted by atomic mass is 9.96. The maximum atomic E-state index is 16.1. The molecular weight excluding hydrogens is 1040 g/mol. The fourth-order valence-electron chi connectivity index (χ4n) is 12.3. The lowest BCUT2D eigenvalue weighted by Crippen LogP contribution is -2.38. The van der Waals surface area contributed by atoms with Gasteiger partial charge in [0, 0.05) is 119 Å². The summed E-state index contributed by atoms with van der Waals surface area (Å²) in [6.45, 7) is 2.26. The van der Waals surface area contributed by atoms with Crippen molar-refractivity contribution in [2.45, 2.75) is 100 Å². The number of carbonyl (C=O) groups is 1. The van der Waals surface area contributed by atoms with Gasteiger partial charge in [0.05, 0.1) is 36.1 Å². The average molecular weight is 1100 g/mol. The van der Waals surface area contributed by atoms with Crippen molar-refractivity contribution >= 4 is 52.1 Å². The van der Waals surface area contributed by atoms with Gasteiger partial charge in [0.15, 0.2) is 0 Å². The Balaban J connectivity index is 0.994. The fraction of sp³-hybridized carbons (Fsp3) is 0.455. The molecule has 4 aliphatic heterocycles. The van der Waals surface area contributed by atoms with Crippen LogP contribution in [0.5, 0.6) is 5.88 Å². The second-order valence-electron chi connectivity index (χ2n) is 21.6. The van der Waals surface area contributed by atoms with Gasteiger partial charge in [0.1, 0.15) is 24.4 Å². The highest BCUT2D eigenvalue weighted by Gasteiger charge is 2.43. The summed E-state index contributed by atoms with van der Waals surface area (Å²) in [5.41, 5.74) is 0.760. The van der Waals surface area contributed by atoms with E-state index >= 15 is 8.96 Å². The second kappa shape index (κ2) is 20.9. The van der Waals surface area contributed by atoms with Gasteiger partial charge in [-0.05, 0) is 107 Å². The number of nitrogens with one attached hydrogen (secondary N) is 5. The zero-order valence-electron chi connectivity index (χ0n) is 43.5. The van der Waals surface area contributed by atoms with Gasteiger partial charge in [-0.1, -0.05) is 18.2 Å². The maximum Gasteiger partial charge on any atom is 0.419 e. The van der Waals surface area contributed by atoms with Crippen molar-refractivity contribution in [1.82, 2.24) is 50.0 Å². The molecule has 5 aromatic heterocycles. The van der Waals surface area contributed by atoms with Gasteiger partial charge in [-0.15, -0.1) is 0 Å². The monoisotopic (exact) mass is 1100 g/mol. The van der Waals surface area contributed by atoms with E-state index < -0.39 is 60.4 Å². The molecule has 78 heavy (non-hydrogen) atoms. The van der Waals surface area contributed by atoms with Crippen molar-refractivity contribution in [2.75, 3.05) is 64.3 Å². The summed E-state index contributed by atoms with van der Waals surface area (Å²) in [4.78, 5) is 46.2. The lowest BCUT2D eigenvalue weighted by Gasteiger charge is -2.28. The van der Waals surface area contributed by atoms with E-state index in [4.69, 9.17) is 4.74 Å². The number of methoxy groups -OCH3 is 1. The summed E-state index contributed by atoms with van der Waals surface area (Å²) in [5, 5.41) is 11.1. The Labute approximate surface area is 445 Å². The first kappa shape index (κ1) is 53.4. The molecule has 2 saturated carbocycles. The number of ether oxygens (including phenoxy) is 1. The predicted molar refractivity (Wildman–Crippen MR) is 285 cm³/mol. The van der Waals surface area contributed by atoms with E-state index in [9.17, 15) is 31.1 Å². The summed E-state index contributed by atoms with van der Waals surface area (Å²) in [7, 11) is 1.08. The molecule has 16 bridgehead atoms. The molecule has 2 unspecified atom stereocenters. The Morgan fingerprint density at radius 1 is 0.769 bits per heavy atom. The molecule has 2 aromatic carbocycles. The topological polar surface area (TPSA) is 182 Å². The molecule has 1 amide bonds.